The van der Waals surface area contributed by atoms with Gasteiger partial charge >= 0.3 is 0 Å². The van der Waals surface area contributed by atoms with Crippen LogP contribution < -0.4 is 10.1 Å². The van der Waals surface area contributed by atoms with Gasteiger partial charge in [-0.2, -0.15) is 0 Å². The number of nitrogens with zero attached hydrogens (tertiary/aromatic N) is 2. The Labute approximate surface area is 205 Å². The molecule has 0 unspecified atom stereocenters. The van der Waals surface area contributed by atoms with Crippen molar-refractivity contribution < 1.29 is 14.3 Å². The fraction of sp³-hybridized carbons (Fsp3) is 0.370. The lowest BCUT2D eigenvalue weighted by molar-refractivity contribution is -0.132. The summed E-state index contributed by atoms with van der Waals surface area (Å²) in [6.07, 6.45) is 1.30. The smallest absolute Gasteiger partial charge is 0.270 e. The quantitative estimate of drug-likeness (QED) is 0.517. The Morgan fingerprint density at radius 3 is 2.79 bits per heavy atom. The Kier molecular flexibility index (Phi) is 7.32. The van der Waals surface area contributed by atoms with E-state index in [9.17, 15) is 9.59 Å². The van der Waals surface area contributed by atoms with E-state index in [0.29, 0.717) is 18.7 Å². The van der Waals surface area contributed by atoms with E-state index in [1.54, 1.807) is 5.38 Å². The molecule has 0 saturated heterocycles. The van der Waals surface area contributed by atoms with E-state index in [0.717, 1.165) is 28.3 Å². The van der Waals surface area contributed by atoms with Gasteiger partial charge in [-0.15, -0.1) is 11.3 Å². The highest BCUT2D eigenvalue weighted by Gasteiger charge is 2.31. The van der Waals surface area contributed by atoms with Gasteiger partial charge in [-0.05, 0) is 56.0 Å². The molecule has 7 heteroatoms. The van der Waals surface area contributed by atoms with Gasteiger partial charge in [0.05, 0.1) is 6.04 Å². The first-order valence-corrected chi connectivity index (χ1v) is 12.6. The van der Waals surface area contributed by atoms with Crippen LogP contribution >= 0.6 is 11.3 Å². The summed E-state index contributed by atoms with van der Waals surface area (Å²) < 4.78 is 6.08. The maximum Gasteiger partial charge on any atom is 0.270 e. The molecule has 6 nitrogen and oxygen atoms in total. The van der Waals surface area contributed by atoms with E-state index in [2.05, 4.69) is 47.6 Å². The number of hydrogen-bond donors (Lipinski definition) is 1. The van der Waals surface area contributed by atoms with Crippen molar-refractivity contribution in [3.8, 4) is 5.75 Å². The van der Waals surface area contributed by atoms with Crippen molar-refractivity contribution in [1.29, 1.82) is 0 Å². The van der Waals surface area contributed by atoms with Crippen molar-refractivity contribution in [1.82, 2.24) is 15.2 Å². The largest absolute Gasteiger partial charge is 0.486 e. The zero-order valence-corrected chi connectivity index (χ0v) is 20.9. The highest BCUT2D eigenvalue weighted by atomic mass is 32.1. The number of fused-ring (bicyclic) bond motifs is 1. The lowest BCUT2D eigenvalue weighted by Gasteiger charge is -2.38. The average Bonchev–Trinajstić information content (AvgIpc) is 3.30. The molecule has 3 aromatic rings. The van der Waals surface area contributed by atoms with E-state index < -0.39 is 0 Å². The highest BCUT2D eigenvalue weighted by molar-refractivity contribution is 7.09. The second-order valence-electron chi connectivity index (χ2n) is 8.91. The number of thiazole rings is 1. The van der Waals surface area contributed by atoms with Gasteiger partial charge in [0.2, 0.25) is 5.91 Å². The Bertz CT molecular complexity index is 1190. The molecule has 1 aliphatic rings. The molecule has 34 heavy (non-hydrogen) atoms. The van der Waals surface area contributed by atoms with Crippen molar-refractivity contribution in [2.75, 3.05) is 6.54 Å². The number of benzene rings is 2. The zero-order valence-electron chi connectivity index (χ0n) is 20.1. The van der Waals surface area contributed by atoms with Crippen LogP contribution in [-0.2, 0) is 17.8 Å². The van der Waals surface area contributed by atoms with E-state index >= 15 is 0 Å². The molecule has 1 atom stereocenters. The maximum atomic E-state index is 12.8. The van der Waals surface area contributed by atoms with E-state index in [1.807, 2.05) is 37.8 Å². The third-order valence-electron chi connectivity index (χ3n) is 5.89. The van der Waals surface area contributed by atoms with Crippen LogP contribution in [0.15, 0.2) is 47.8 Å². The van der Waals surface area contributed by atoms with Gasteiger partial charge in [0.1, 0.15) is 23.1 Å². The summed E-state index contributed by atoms with van der Waals surface area (Å²) in [7, 11) is 0. The molecule has 0 bridgehead atoms. The van der Waals surface area contributed by atoms with Crippen molar-refractivity contribution >= 4 is 23.2 Å². The standard InChI is InChI=1S/C27H31N3O3S/c1-5-25(31)30-12-11-19-9-10-21(14-22(19)26(30)20-8-6-7-18(4)13-20)33-15-24-29-23(16-34-24)27(32)28-17(2)3/h6-10,13-14,16-17,26H,5,11-12,15H2,1-4H3,(H,28,32)/t26-/m0/s1. The SMILES string of the molecule is CCC(=O)N1CCc2ccc(OCc3nc(C(=O)NC(C)C)cs3)cc2[C@@H]1c1cccc(C)c1. The minimum atomic E-state index is -0.173. The van der Waals surface area contributed by atoms with Crippen LogP contribution in [0.3, 0.4) is 0 Å². The first-order valence-electron chi connectivity index (χ1n) is 11.7. The number of carbonyl (C=O) groups excluding carboxylic acids is 2. The van der Waals surface area contributed by atoms with Gasteiger partial charge in [0.25, 0.3) is 5.91 Å². The molecule has 1 N–H and O–H groups in total. The average molecular weight is 478 g/mol. The summed E-state index contributed by atoms with van der Waals surface area (Å²) in [5, 5.41) is 5.35. The molecule has 0 spiro atoms. The van der Waals surface area contributed by atoms with Crippen LogP contribution in [0.5, 0.6) is 5.75 Å². The van der Waals surface area contributed by atoms with Crippen LogP contribution in [0.2, 0.25) is 0 Å². The second-order valence-corrected chi connectivity index (χ2v) is 9.85. The lowest BCUT2D eigenvalue weighted by Crippen LogP contribution is -2.40. The molecule has 2 amide bonds. The number of carbonyl (C=O) groups is 2. The summed E-state index contributed by atoms with van der Waals surface area (Å²) in [5.74, 6) is 0.706. The van der Waals surface area contributed by atoms with Gasteiger partial charge in [-0.25, -0.2) is 4.98 Å². The fourth-order valence-electron chi connectivity index (χ4n) is 4.32. The molecular weight excluding hydrogens is 446 g/mol. The van der Waals surface area contributed by atoms with Crippen molar-refractivity contribution in [3.63, 3.8) is 0 Å². The molecule has 0 fully saturated rings. The number of ether oxygens (including phenoxy) is 1. The minimum absolute atomic E-state index is 0.0601. The maximum absolute atomic E-state index is 12.8. The highest BCUT2D eigenvalue weighted by Crippen LogP contribution is 2.38. The number of nitrogens with one attached hydrogen (secondary N) is 1. The predicted octanol–water partition coefficient (Wildman–Crippen LogP) is 5.05. The molecule has 0 saturated carbocycles. The molecule has 4 rings (SSSR count). The third-order valence-corrected chi connectivity index (χ3v) is 6.72. The Hall–Kier alpha value is -3.19. The van der Waals surface area contributed by atoms with Crippen molar-refractivity contribution in [3.05, 3.63) is 80.8 Å². The number of hydrogen-bond acceptors (Lipinski definition) is 5. The Morgan fingerprint density at radius 1 is 1.24 bits per heavy atom. The molecule has 178 valence electrons. The Morgan fingerprint density at radius 2 is 2.06 bits per heavy atom. The summed E-state index contributed by atoms with van der Waals surface area (Å²) in [5.41, 5.74) is 5.03. The van der Waals surface area contributed by atoms with Gasteiger partial charge in [-0.1, -0.05) is 42.8 Å². The van der Waals surface area contributed by atoms with E-state index in [4.69, 9.17) is 4.74 Å². The van der Waals surface area contributed by atoms with Crippen LogP contribution in [0.25, 0.3) is 0 Å². The summed E-state index contributed by atoms with van der Waals surface area (Å²) in [6.45, 7) is 8.81. The molecular formula is C27H31N3O3S. The number of aromatic nitrogens is 1. The van der Waals surface area contributed by atoms with Crippen molar-refractivity contribution in [2.45, 2.75) is 59.2 Å². The third kappa shape index (κ3) is 5.30. The second kappa shape index (κ2) is 10.4. The van der Waals surface area contributed by atoms with Gasteiger partial charge < -0.3 is 15.0 Å². The lowest BCUT2D eigenvalue weighted by atomic mass is 9.87. The summed E-state index contributed by atoms with van der Waals surface area (Å²) in [4.78, 5) is 31.4. The number of rotatable bonds is 7. The van der Waals surface area contributed by atoms with Gasteiger partial charge in [0.15, 0.2) is 0 Å². The van der Waals surface area contributed by atoms with Crippen LogP contribution in [0.1, 0.15) is 71.0 Å². The summed E-state index contributed by atoms with van der Waals surface area (Å²) >= 11 is 1.41. The molecule has 2 heterocycles. The van der Waals surface area contributed by atoms with Crippen LogP contribution in [0.4, 0.5) is 0 Å². The first-order chi connectivity index (χ1) is 16.4. The normalized spacial score (nSPS) is 15.2. The number of amides is 2. The first kappa shape index (κ1) is 24.0. The summed E-state index contributed by atoms with van der Waals surface area (Å²) in [6, 6.07) is 14.4. The fourth-order valence-corrected chi connectivity index (χ4v) is 5.00. The molecule has 1 aliphatic heterocycles. The topological polar surface area (TPSA) is 71.5 Å². The monoisotopic (exact) mass is 477 g/mol. The van der Waals surface area contributed by atoms with Gasteiger partial charge in [-0.3, -0.25) is 9.59 Å². The number of aryl methyl sites for hydroxylation is 1. The van der Waals surface area contributed by atoms with Crippen molar-refractivity contribution in [2.24, 2.45) is 0 Å². The predicted molar refractivity (Wildman–Crippen MR) is 134 cm³/mol. The molecule has 1 aromatic heterocycles. The van der Waals surface area contributed by atoms with Crippen LogP contribution in [-0.4, -0.2) is 34.3 Å². The zero-order chi connectivity index (χ0) is 24.2. The minimum Gasteiger partial charge on any atom is -0.486 e. The van der Waals surface area contributed by atoms with E-state index in [-0.39, 0.29) is 30.5 Å². The molecule has 0 aliphatic carbocycles. The molecule has 2 aromatic carbocycles. The van der Waals surface area contributed by atoms with Crippen LogP contribution in [0, 0.1) is 6.92 Å². The molecule has 0 radical (unpaired) electrons. The van der Waals surface area contributed by atoms with Gasteiger partial charge in [0, 0.05) is 24.4 Å². The Balaban J connectivity index is 1.58. The van der Waals surface area contributed by atoms with E-state index in [1.165, 1.54) is 22.5 Å².